The van der Waals surface area contributed by atoms with E-state index in [1.807, 2.05) is 4.90 Å². The van der Waals surface area contributed by atoms with Crippen LogP contribution in [-0.4, -0.2) is 172 Å². The van der Waals surface area contributed by atoms with E-state index in [1.54, 1.807) is 0 Å². The van der Waals surface area contributed by atoms with Gasteiger partial charge in [0.2, 0.25) is 0 Å². The standard InChI is InChI=1S/2C8H19NO4.C7H16O3.2CH4/c10-3-7-12-5-1-9-2-6-13-8-4-11;10-4-1-9(2-5-11)3-7-13-8-6-12;8-4-2-1-3-6-10-7-5-9;;/h9-11H,1-8H2;10-12H,1-8H2;8-9H,1-7H2;2*1H4. The molecule has 0 unspecified atom stereocenters. The molecule has 0 aliphatic rings. The van der Waals surface area contributed by atoms with Crippen molar-refractivity contribution in [3.05, 3.63) is 0 Å². The number of hydrogen-bond donors (Lipinski definition) is 8. The highest BCUT2D eigenvalue weighted by Crippen LogP contribution is 1.93. The van der Waals surface area contributed by atoms with Gasteiger partial charge in [0, 0.05) is 45.9 Å². The highest BCUT2D eigenvalue weighted by Gasteiger charge is 2.02. The molecule has 0 spiro atoms. The molecule has 0 aliphatic heterocycles. The van der Waals surface area contributed by atoms with Gasteiger partial charge in [0.15, 0.2) is 0 Å². The van der Waals surface area contributed by atoms with E-state index >= 15 is 0 Å². The highest BCUT2D eigenvalue weighted by atomic mass is 16.5. The molecule has 0 radical (unpaired) electrons. The first kappa shape index (κ1) is 47.3. The van der Waals surface area contributed by atoms with Crippen molar-refractivity contribution in [1.82, 2.24) is 10.2 Å². The monoisotopic (exact) mass is 566 g/mol. The largest absolute Gasteiger partial charge is 0.396 e. The maximum atomic E-state index is 8.66. The topological polar surface area (TPSA) is 194 Å². The van der Waals surface area contributed by atoms with Gasteiger partial charge in [0.05, 0.1) is 85.9 Å². The number of rotatable bonds is 26. The smallest absolute Gasteiger partial charge is 0.0698 e. The number of nitrogens with one attached hydrogen (secondary N) is 1. The summed E-state index contributed by atoms with van der Waals surface area (Å²) < 4.78 is 20.1. The number of unbranched alkanes of at least 4 members (excludes halogenated alkanes) is 2. The van der Waals surface area contributed by atoms with E-state index in [0.717, 1.165) is 32.4 Å². The third-order valence-electron chi connectivity index (χ3n) is 4.12. The van der Waals surface area contributed by atoms with Gasteiger partial charge in [-0.1, -0.05) is 14.9 Å². The quantitative estimate of drug-likeness (QED) is 0.0553. The summed E-state index contributed by atoms with van der Waals surface area (Å²) in [6, 6.07) is 0. The van der Waals surface area contributed by atoms with E-state index in [2.05, 4.69) is 5.32 Å². The Morgan fingerprint density at radius 3 is 1.21 bits per heavy atom. The average Bonchev–Trinajstić information content (AvgIpc) is 2.89. The zero-order chi connectivity index (χ0) is 27.4. The molecule has 0 amide bonds. The van der Waals surface area contributed by atoms with E-state index in [1.165, 1.54) is 0 Å². The lowest BCUT2D eigenvalue weighted by Crippen LogP contribution is -2.33. The van der Waals surface area contributed by atoms with Crippen molar-refractivity contribution in [2.45, 2.75) is 34.1 Å². The number of ether oxygens (including phenoxy) is 4. The summed E-state index contributed by atoms with van der Waals surface area (Å²) in [4.78, 5) is 1.90. The lowest BCUT2D eigenvalue weighted by molar-refractivity contribution is 0.0646. The summed E-state index contributed by atoms with van der Waals surface area (Å²) in [5.41, 5.74) is 0. The second-order valence-electron chi connectivity index (χ2n) is 7.17. The molecule has 38 heavy (non-hydrogen) atoms. The second-order valence-corrected chi connectivity index (χ2v) is 7.17. The molecule has 0 saturated carbocycles. The van der Waals surface area contributed by atoms with Gasteiger partial charge in [-0.3, -0.25) is 4.90 Å². The van der Waals surface area contributed by atoms with Gasteiger partial charge >= 0.3 is 0 Å². The average molecular weight is 567 g/mol. The SMILES string of the molecule is C.C.OCCCCCOCCO.OCCOCCN(CCO)CCO.OCCOCCNCCOCCO. The minimum absolute atomic E-state index is 0. The predicted molar refractivity (Wildman–Crippen MR) is 149 cm³/mol. The van der Waals surface area contributed by atoms with Crippen molar-refractivity contribution in [1.29, 1.82) is 0 Å². The zero-order valence-corrected chi connectivity index (χ0v) is 22.0. The van der Waals surface area contributed by atoms with Crippen LogP contribution in [0.2, 0.25) is 0 Å². The van der Waals surface area contributed by atoms with Crippen molar-refractivity contribution in [2.24, 2.45) is 0 Å². The van der Waals surface area contributed by atoms with Crippen molar-refractivity contribution in [3.8, 4) is 0 Å². The zero-order valence-electron chi connectivity index (χ0n) is 22.0. The molecular weight excluding hydrogens is 504 g/mol. The molecular formula is C25H62N2O11. The summed E-state index contributed by atoms with van der Waals surface area (Å²) in [5, 5.41) is 62.3. The van der Waals surface area contributed by atoms with Crippen LogP contribution >= 0.6 is 0 Å². The first-order valence-electron chi connectivity index (χ1n) is 12.7. The first-order valence-corrected chi connectivity index (χ1v) is 12.7. The Balaban J connectivity index is -0.000000141. The van der Waals surface area contributed by atoms with Gasteiger partial charge in [0.25, 0.3) is 0 Å². The number of aliphatic hydroxyl groups is 7. The lowest BCUT2D eigenvalue weighted by Gasteiger charge is -2.19. The van der Waals surface area contributed by atoms with Crippen molar-refractivity contribution in [2.75, 3.05) is 132 Å². The molecule has 13 nitrogen and oxygen atoms in total. The van der Waals surface area contributed by atoms with Crippen LogP contribution in [0.4, 0.5) is 0 Å². The van der Waals surface area contributed by atoms with Crippen molar-refractivity contribution >= 4 is 0 Å². The van der Waals surface area contributed by atoms with Crippen LogP contribution in [0.25, 0.3) is 0 Å². The van der Waals surface area contributed by atoms with E-state index in [4.69, 9.17) is 54.7 Å². The fourth-order valence-corrected chi connectivity index (χ4v) is 2.38. The van der Waals surface area contributed by atoms with E-state index in [9.17, 15) is 0 Å². The molecule has 0 saturated heterocycles. The number of nitrogens with zero attached hydrogens (tertiary/aromatic N) is 1. The third-order valence-corrected chi connectivity index (χ3v) is 4.12. The van der Waals surface area contributed by atoms with Crippen molar-refractivity contribution in [3.63, 3.8) is 0 Å². The van der Waals surface area contributed by atoms with Gasteiger partial charge in [-0.25, -0.2) is 0 Å². The van der Waals surface area contributed by atoms with Crippen molar-refractivity contribution < 1.29 is 54.7 Å². The molecule has 238 valence electrons. The van der Waals surface area contributed by atoms with Crippen LogP contribution in [0.1, 0.15) is 34.1 Å². The minimum Gasteiger partial charge on any atom is -0.396 e. The summed E-state index contributed by atoms with van der Waals surface area (Å²) in [7, 11) is 0. The normalized spacial score (nSPS) is 10.1. The molecule has 0 aliphatic carbocycles. The Hall–Kier alpha value is -0.520. The molecule has 0 atom stereocenters. The Labute approximate surface area is 231 Å². The molecule has 0 fully saturated rings. The maximum Gasteiger partial charge on any atom is 0.0698 e. The van der Waals surface area contributed by atoms with Gasteiger partial charge in [0.1, 0.15) is 0 Å². The predicted octanol–water partition coefficient (Wildman–Crippen LogP) is -1.69. The highest BCUT2D eigenvalue weighted by molar-refractivity contribution is 4.55. The molecule has 0 aromatic heterocycles. The van der Waals surface area contributed by atoms with Gasteiger partial charge in [-0.15, -0.1) is 0 Å². The minimum atomic E-state index is 0. The molecule has 0 aromatic carbocycles. The molecule has 0 bridgehead atoms. The van der Waals surface area contributed by atoms with Gasteiger partial charge < -0.3 is 60.0 Å². The Morgan fingerprint density at radius 1 is 0.395 bits per heavy atom. The lowest BCUT2D eigenvalue weighted by atomic mass is 10.2. The summed E-state index contributed by atoms with van der Waals surface area (Å²) >= 11 is 0. The molecule has 8 N–H and O–H groups in total. The summed E-state index contributed by atoms with van der Waals surface area (Å²) in [6.07, 6.45) is 2.82. The fourth-order valence-electron chi connectivity index (χ4n) is 2.38. The first-order chi connectivity index (χ1) is 17.7. The Bertz CT molecular complexity index is 326. The number of hydrogen-bond acceptors (Lipinski definition) is 13. The van der Waals surface area contributed by atoms with Crippen LogP contribution in [-0.2, 0) is 18.9 Å². The summed E-state index contributed by atoms with van der Waals surface area (Å²) in [5.74, 6) is 0. The van der Waals surface area contributed by atoms with Crippen LogP contribution in [0.15, 0.2) is 0 Å². The van der Waals surface area contributed by atoms with Gasteiger partial charge in [-0.05, 0) is 19.3 Å². The van der Waals surface area contributed by atoms with Gasteiger partial charge in [-0.2, -0.15) is 0 Å². The Kier molecular flexibility index (Phi) is 61.5. The van der Waals surface area contributed by atoms with E-state index in [0.29, 0.717) is 72.5 Å². The third kappa shape index (κ3) is 52.0. The molecule has 13 heteroatoms. The van der Waals surface area contributed by atoms with Crippen LogP contribution in [0, 0.1) is 0 Å². The maximum absolute atomic E-state index is 8.66. The fraction of sp³-hybridized carbons (Fsp3) is 1.00. The van der Waals surface area contributed by atoms with Crippen LogP contribution < -0.4 is 5.32 Å². The second kappa shape index (κ2) is 49.4. The van der Waals surface area contributed by atoms with E-state index in [-0.39, 0.29) is 61.1 Å². The molecule has 0 rings (SSSR count). The molecule has 0 aromatic rings. The Morgan fingerprint density at radius 2 is 0.816 bits per heavy atom. The van der Waals surface area contributed by atoms with Crippen LogP contribution in [0.5, 0.6) is 0 Å². The summed E-state index contributed by atoms with van der Waals surface area (Å²) in [6.45, 7) is 7.91. The molecule has 0 heterocycles. The number of aliphatic hydroxyl groups excluding tert-OH is 7. The van der Waals surface area contributed by atoms with E-state index < -0.39 is 0 Å². The van der Waals surface area contributed by atoms with Crippen LogP contribution in [0.3, 0.4) is 0 Å².